The van der Waals surface area contributed by atoms with E-state index in [1.807, 2.05) is 139 Å². The third-order valence-electron chi connectivity index (χ3n) is 18.6. The molecular formula is C77H49F9N8. The van der Waals surface area contributed by atoms with Crippen molar-refractivity contribution in [3.63, 3.8) is 0 Å². The fourth-order valence-corrected chi connectivity index (χ4v) is 15.1. The van der Waals surface area contributed by atoms with Gasteiger partial charge >= 0.3 is 18.9 Å². The zero-order chi connectivity index (χ0) is 64.2. The van der Waals surface area contributed by atoms with Crippen molar-refractivity contribution < 1.29 is 39.5 Å². The zero-order valence-electron chi connectivity index (χ0n) is 49.5. The van der Waals surface area contributed by atoms with Crippen molar-refractivity contribution >= 4 is 114 Å². The summed E-state index contributed by atoms with van der Waals surface area (Å²) >= 11 is 0. The first-order valence-corrected chi connectivity index (χ1v) is 30.3. The summed E-state index contributed by atoms with van der Waals surface area (Å²) < 4.78 is 142. The van der Waals surface area contributed by atoms with E-state index in [0.717, 1.165) is 45.0 Å². The third kappa shape index (κ3) is 8.22. The minimum absolute atomic E-state index is 0.114. The van der Waals surface area contributed by atoms with Crippen molar-refractivity contribution in [1.29, 1.82) is 0 Å². The third-order valence-corrected chi connectivity index (χ3v) is 18.6. The second-order valence-corrected chi connectivity index (χ2v) is 23.5. The highest BCUT2D eigenvalue weighted by Crippen LogP contribution is 2.64. The van der Waals surface area contributed by atoms with Gasteiger partial charge in [0.05, 0.1) is 96.4 Å². The predicted octanol–water partition coefficient (Wildman–Crippen LogP) is 22.9. The SMILES string of the molecule is CN1c2ccccc2N(c2cc(N3c4ccccc4N(C(F)(F)F)c4ccccc43)cc(C3(c4cc(N5c6ccccc6N(C(F)(F)F)c6ccccc65)cc(N5c6ccccc6N(C(F)(F)F)c6ccccc65)c4)c4ccccc4-c4ccccc43)c2)c2ccccc21. The number of hydrogen-bond acceptors (Lipinski definition) is 8. The molecule has 1 aliphatic carbocycles. The second-order valence-electron chi connectivity index (χ2n) is 23.5. The number of para-hydroxylation sites is 16. The Morgan fingerprint density at radius 1 is 0.234 bits per heavy atom. The maximum Gasteiger partial charge on any atom is 0.489 e. The van der Waals surface area contributed by atoms with Crippen molar-refractivity contribution in [2.75, 3.05) is 46.2 Å². The molecule has 8 nitrogen and oxygen atoms in total. The fraction of sp³-hybridized carbons (Fsp3) is 0.0649. The van der Waals surface area contributed by atoms with Crippen LogP contribution in [0.5, 0.6) is 0 Å². The van der Waals surface area contributed by atoms with Crippen LogP contribution in [0, 0.1) is 0 Å². The fourth-order valence-electron chi connectivity index (χ4n) is 15.1. The molecule has 0 bridgehead atoms. The highest BCUT2D eigenvalue weighted by Gasteiger charge is 2.52. The Balaban J connectivity index is 1.03. The van der Waals surface area contributed by atoms with Gasteiger partial charge < -0.3 is 24.5 Å². The lowest BCUT2D eigenvalue weighted by atomic mass is 9.67. The Morgan fingerprint density at radius 3 is 0.660 bits per heavy atom. The molecule has 94 heavy (non-hydrogen) atoms. The maximum atomic E-state index is 15.8. The molecule has 4 aliphatic heterocycles. The van der Waals surface area contributed by atoms with Gasteiger partial charge in [0, 0.05) is 29.8 Å². The summed E-state index contributed by atoms with van der Waals surface area (Å²) in [7, 11) is 2.00. The Bertz CT molecular complexity index is 4720. The lowest BCUT2D eigenvalue weighted by molar-refractivity contribution is -0.121. The number of benzene rings is 12. The molecule has 0 atom stereocenters. The number of hydrogen-bond donors (Lipinski definition) is 0. The van der Waals surface area contributed by atoms with Gasteiger partial charge in [0.15, 0.2) is 0 Å². The van der Waals surface area contributed by atoms with Crippen LogP contribution in [0.2, 0.25) is 0 Å². The van der Waals surface area contributed by atoms with Gasteiger partial charge in [-0.2, -0.15) is 0 Å². The van der Waals surface area contributed by atoms with Crippen LogP contribution >= 0.6 is 0 Å². The molecule has 0 fully saturated rings. The summed E-state index contributed by atoms with van der Waals surface area (Å²) in [5, 5.41) is 0. The molecular weight excluding hydrogens is 1210 g/mol. The first-order chi connectivity index (χ1) is 45.5. The number of rotatable bonds is 6. The summed E-state index contributed by atoms with van der Waals surface area (Å²) in [6, 6.07) is 81.5. The van der Waals surface area contributed by atoms with Gasteiger partial charge in [0.1, 0.15) is 0 Å². The van der Waals surface area contributed by atoms with E-state index in [9.17, 15) is 0 Å². The van der Waals surface area contributed by atoms with E-state index in [2.05, 4.69) is 15.9 Å². The van der Waals surface area contributed by atoms with Gasteiger partial charge in [-0.05, 0) is 167 Å². The highest BCUT2D eigenvalue weighted by atomic mass is 19.4. The normalized spacial score (nSPS) is 14.8. The van der Waals surface area contributed by atoms with Crippen molar-refractivity contribution in [3.8, 4) is 11.1 Å². The van der Waals surface area contributed by atoms with Crippen LogP contribution in [-0.4, -0.2) is 25.9 Å². The minimum atomic E-state index is -4.90. The largest absolute Gasteiger partial charge is 0.489 e. The number of alkyl halides is 9. The average molecular weight is 1260 g/mol. The van der Waals surface area contributed by atoms with Crippen LogP contribution in [0.25, 0.3) is 11.1 Å². The topological polar surface area (TPSA) is 25.9 Å². The van der Waals surface area contributed by atoms with E-state index in [1.165, 1.54) is 36.4 Å². The molecule has 0 unspecified atom stereocenters. The van der Waals surface area contributed by atoms with Gasteiger partial charge in [-0.3, -0.25) is 0 Å². The van der Waals surface area contributed by atoms with Crippen molar-refractivity contribution in [1.82, 2.24) is 0 Å². The highest BCUT2D eigenvalue weighted by molar-refractivity contribution is 6.05. The van der Waals surface area contributed by atoms with Crippen LogP contribution in [-0.2, 0) is 5.41 Å². The van der Waals surface area contributed by atoms with Gasteiger partial charge in [0.2, 0.25) is 0 Å². The smallest absolute Gasteiger partial charge is 0.341 e. The molecule has 12 aromatic rings. The average Bonchev–Trinajstić information content (AvgIpc) is 1.44. The summed E-state index contributed by atoms with van der Waals surface area (Å²) in [5.74, 6) is 0. The van der Waals surface area contributed by atoms with Gasteiger partial charge in [-0.15, -0.1) is 39.5 Å². The summed E-state index contributed by atoms with van der Waals surface area (Å²) in [6.07, 6.45) is -14.7. The molecule has 17 heteroatoms. The quantitative estimate of drug-likeness (QED) is 0.120. The molecule has 12 aromatic carbocycles. The van der Waals surface area contributed by atoms with Crippen LogP contribution in [0.1, 0.15) is 22.3 Å². The first kappa shape index (κ1) is 56.4. The number of halogens is 9. The van der Waals surface area contributed by atoms with Gasteiger partial charge in [0.25, 0.3) is 0 Å². The first-order valence-electron chi connectivity index (χ1n) is 30.3. The summed E-state index contributed by atoms with van der Waals surface area (Å²) in [4.78, 5) is 10.8. The number of fused-ring (bicyclic) bond motifs is 11. The Labute approximate surface area is 533 Å². The van der Waals surface area contributed by atoms with Crippen molar-refractivity contribution in [3.05, 3.63) is 301 Å². The number of anilines is 20. The number of nitrogens with zero attached hydrogens (tertiary/aromatic N) is 8. The molecule has 0 amide bonds. The molecule has 0 radical (unpaired) electrons. The monoisotopic (exact) mass is 1260 g/mol. The molecule has 0 aromatic heterocycles. The maximum absolute atomic E-state index is 15.8. The van der Waals surface area contributed by atoms with E-state index in [1.54, 1.807) is 119 Å². The van der Waals surface area contributed by atoms with E-state index < -0.39 is 24.3 Å². The summed E-state index contributed by atoms with van der Waals surface area (Å²) in [6.45, 7) is 0. The summed E-state index contributed by atoms with van der Waals surface area (Å²) in [5.41, 5.74) is 8.23. The Kier molecular flexibility index (Phi) is 12.3. The Hall–Kier alpha value is -11.6. The van der Waals surface area contributed by atoms with Crippen LogP contribution < -0.4 is 39.2 Å². The van der Waals surface area contributed by atoms with Gasteiger partial charge in [-0.25, -0.2) is 14.7 Å². The second kappa shape index (κ2) is 20.5. The molecule has 0 saturated carbocycles. The lowest BCUT2D eigenvalue weighted by Gasteiger charge is -2.44. The van der Waals surface area contributed by atoms with E-state index in [4.69, 9.17) is 0 Å². The molecule has 0 saturated heterocycles. The van der Waals surface area contributed by atoms with E-state index in [-0.39, 0.29) is 68.2 Å². The van der Waals surface area contributed by atoms with Crippen LogP contribution in [0.3, 0.4) is 0 Å². The zero-order valence-corrected chi connectivity index (χ0v) is 49.5. The van der Waals surface area contributed by atoms with E-state index >= 15 is 39.5 Å². The van der Waals surface area contributed by atoms with Crippen molar-refractivity contribution in [2.45, 2.75) is 24.3 Å². The predicted molar refractivity (Wildman–Crippen MR) is 355 cm³/mol. The van der Waals surface area contributed by atoms with E-state index in [0.29, 0.717) is 48.6 Å². The molecule has 0 N–H and O–H groups in total. The van der Waals surface area contributed by atoms with Crippen LogP contribution in [0.4, 0.5) is 153 Å². The van der Waals surface area contributed by atoms with Crippen LogP contribution in [0.15, 0.2) is 279 Å². The molecule has 17 rings (SSSR count). The minimum Gasteiger partial charge on any atom is -0.341 e. The molecule has 460 valence electrons. The lowest BCUT2D eigenvalue weighted by Crippen LogP contribution is -2.38. The Morgan fingerprint density at radius 2 is 0.426 bits per heavy atom. The molecule has 0 spiro atoms. The molecule has 5 aliphatic rings. The standard InChI is InChI=1S/C77H49F9N8/c1-87-58-26-6-8-28-60(58)88(61-29-9-7-27-59(61)87)50-42-48(43-51(46-50)89-62-30-10-16-36-68(62)92(75(78,79)80)69-37-17-11-31-63(69)89)74(56-24-4-2-22-54(56)55-23-3-5-25-57(55)74)49-44-52(90-64-32-12-18-38-70(64)93(76(81,82)83)71-39-19-13-33-65(71)90)47-53(45-49)91-66-34-14-20-40-72(66)94(77(84,85)86)73-41-21-15-35-67(73)91/h2-47H,1H3. The molecule has 4 heterocycles. The van der Waals surface area contributed by atoms with Gasteiger partial charge in [-0.1, -0.05) is 146 Å². The van der Waals surface area contributed by atoms with Crippen molar-refractivity contribution in [2.24, 2.45) is 0 Å².